The van der Waals surface area contributed by atoms with Crippen molar-refractivity contribution < 1.29 is 24.0 Å². The molecular formula is C55H113N7O5. The number of hydrogen-bond acceptors (Lipinski definition) is 7. The summed E-state index contributed by atoms with van der Waals surface area (Å²) in [6, 6.07) is 0. The molecule has 67 heavy (non-hydrogen) atoms. The molecule has 0 saturated carbocycles. The number of hydrogen-bond donors (Lipinski definition) is 5. The van der Waals surface area contributed by atoms with Crippen molar-refractivity contribution in [2.24, 2.45) is 54.1 Å². The van der Waals surface area contributed by atoms with Crippen LogP contribution >= 0.6 is 0 Å². The van der Waals surface area contributed by atoms with Crippen LogP contribution in [0.4, 0.5) is 0 Å². The molecule has 0 aliphatic rings. The topological polar surface area (TPSA) is 152 Å². The Kier molecular flexibility index (Phi) is 27.6. The van der Waals surface area contributed by atoms with E-state index < -0.39 is 21.7 Å². The second-order valence-electron chi connectivity index (χ2n) is 27.0. The van der Waals surface area contributed by atoms with Crippen molar-refractivity contribution in [3.63, 3.8) is 0 Å². The van der Waals surface area contributed by atoms with E-state index in [9.17, 15) is 24.0 Å². The van der Waals surface area contributed by atoms with Gasteiger partial charge in [-0.25, -0.2) is 0 Å². The molecule has 0 bridgehead atoms. The fraction of sp³-hybridized carbons (Fsp3) is 0.909. The Labute approximate surface area is 415 Å². The molecule has 0 spiro atoms. The van der Waals surface area contributed by atoms with Gasteiger partial charge in [0.25, 0.3) is 0 Å². The van der Waals surface area contributed by atoms with E-state index in [1.54, 1.807) is 0 Å². The van der Waals surface area contributed by atoms with Crippen molar-refractivity contribution in [3.8, 4) is 0 Å². The number of likely N-dealkylation sites (N-methyl/N-ethyl adjacent to an activating group) is 1. The molecule has 0 aromatic rings. The summed E-state index contributed by atoms with van der Waals surface area (Å²) in [5.74, 6) is 0.553. The summed E-state index contributed by atoms with van der Waals surface area (Å²) in [6.07, 6.45) is 2.84. The third-order valence-corrected chi connectivity index (χ3v) is 16.3. The van der Waals surface area contributed by atoms with Crippen LogP contribution in [-0.2, 0) is 24.0 Å². The normalized spacial score (nSPS) is 13.5. The van der Waals surface area contributed by atoms with Crippen molar-refractivity contribution >= 4 is 29.5 Å². The van der Waals surface area contributed by atoms with E-state index in [1.807, 2.05) is 76.3 Å². The summed E-state index contributed by atoms with van der Waals surface area (Å²) in [4.78, 5) is 65.8. The van der Waals surface area contributed by atoms with E-state index >= 15 is 0 Å². The van der Waals surface area contributed by atoms with Crippen molar-refractivity contribution in [2.75, 3.05) is 73.0 Å². The van der Waals surface area contributed by atoms with Crippen LogP contribution in [0.25, 0.3) is 0 Å². The lowest BCUT2D eigenvalue weighted by Crippen LogP contribution is -2.48. The zero-order valence-electron chi connectivity index (χ0n) is 49.4. The first kappa shape index (κ1) is 68.5. The quantitative estimate of drug-likeness (QED) is 0.0719. The molecule has 5 amide bonds. The molecule has 0 aliphatic carbocycles. The molecule has 0 radical (unpaired) electrons. The Morgan fingerprint density at radius 2 is 0.478 bits per heavy atom. The predicted octanol–water partition coefficient (Wildman–Crippen LogP) is 9.96. The zero-order valence-corrected chi connectivity index (χ0v) is 49.4. The van der Waals surface area contributed by atoms with Crippen molar-refractivity contribution in [2.45, 2.75) is 199 Å². The van der Waals surface area contributed by atoms with Crippen LogP contribution in [0.15, 0.2) is 0 Å². The van der Waals surface area contributed by atoms with Crippen LogP contribution < -0.4 is 26.6 Å². The third-order valence-electron chi connectivity index (χ3n) is 16.3. The largest absolute Gasteiger partial charge is 0.356 e. The standard InChI is InChI=1S/C23H47N3O2.C21H43N3O2.C11H23NO/c1-20(2,3)22(7,8)18(27)24-14-12-16-26(11)17-13-15-25-19(28)23(9,10)21(4,5)6;1-18(2,3)20(7,8)16(25)22-12-14-24(11)15-13-23-17(26)21(9,10)19(4,5)6;1-7-8-12-9(13)11(5,6)10(2,3)4/h12-17H2,1-11H3,(H,24,27)(H,25,28);12-15H2,1-11H3,(H,22,25)(H,23,26);7-8H2,1-6H3,(H,12,13). The van der Waals surface area contributed by atoms with Gasteiger partial charge in [-0.2, -0.15) is 0 Å². The molecule has 0 atom stereocenters. The van der Waals surface area contributed by atoms with Gasteiger partial charge < -0.3 is 36.4 Å². The Morgan fingerprint density at radius 3 is 0.672 bits per heavy atom. The van der Waals surface area contributed by atoms with Gasteiger partial charge in [-0.1, -0.05) is 180 Å². The lowest BCUT2D eigenvalue weighted by Gasteiger charge is -2.37. The summed E-state index contributed by atoms with van der Waals surface area (Å²) < 4.78 is 0. The van der Waals surface area contributed by atoms with E-state index in [0.29, 0.717) is 26.2 Å². The minimum absolute atomic E-state index is 0.00479. The number of carbonyl (C=O) groups is 5. The smallest absolute Gasteiger partial charge is 0.226 e. The average Bonchev–Trinajstić information content (AvgIpc) is 3.14. The molecule has 0 aliphatic heterocycles. The van der Waals surface area contributed by atoms with Crippen LogP contribution in [-0.4, -0.2) is 112 Å². The molecule has 12 heteroatoms. The summed E-state index contributed by atoms with van der Waals surface area (Å²) >= 11 is 0. The molecule has 0 rings (SSSR count). The second kappa shape index (κ2) is 27.0. The maximum absolute atomic E-state index is 12.4. The van der Waals surface area contributed by atoms with Gasteiger partial charge in [0.1, 0.15) is 0 Å². The molecule has 0 fully saturated rings. The molecule has 12 nitrogen and oxygen atoms in total. The number of rotatable bonds is 21. The first-order valence-corrected chi connectivity index (χ1v) is 25.4. The van der Waals surface area contributed by atoms with Crippen LogP contribution in [0.3, 0.4) is 0 Å². The van der Waals surface area contributed by atoms with Gasteiger partial charge >= 0.3 is 0 Å². The van der Waals surface area contributed by atoms with Crippen LogP contribution in [0, 0.1) is 54.1 Å². The maximum Gasteiger partial charge on any atom is 0.226 e. The van der Waals surface area contributed by atoms with Crippen molar-refractivity contribution in [1.82, 2.24) is 36.4 Å². The number of carbonyl (C=O) groups excluding carboxylic acids is 5. The molecule has 0 aromatic carbocycles. The minimum atomic E-state index is -0.419. The molecule has 0 heterocycles. The average molecular weight is 953 g/mol. The summed E-state index contributed by atoms with van der Waals surface area (Å²) in [5.41, 5.74) is -2.24. The highest BCUT2D eigenvalue weighted by molar-refractivity contribution is 5.84. The van der Waals surface area contributed by atoms with E-state index in [0.717, 1.165) is 52.0 Å². The monoisotopic (exact) mass is 952 g/mol. The van der Waals surface area contributed by atoms with Gasteiger partial charge in [0, 0.05) is 72.9 Å². The number of nitrogens with one attached hydrogen (secondary N) is 5. The number of amides is 5. The van der Waals surface area contributed by atoms with Crippen LogP contribution in [0.2, 0.25) is 0 Å². The third kappa shape index (κ3) is 22.7. The van der Waals surface area contributed by atoms with Crippen molar-refractivity contribution in [3.05, 3.63) is 0 Å². The second-order valence-corrected chi connectivity index (χ2v) is 27.0. The van der Waals surface area contributed by atoms with Crippen LogP contribution in [0.5, 0.6) is 0 Å². The fourth-order valence-electron chi connectivity index (χ4n) is 5.09. The van der Waals surface area contributed by atoms with Gasteiger partial charge in [-0.05, 0) is 73.5 Å². The zero-order chi connectivity index (χ0) is 54.1. The number of nitrogens with zero attached hydrogens (tertiary/aromatic N) is 2. The Bertz CT molecular complexity index is 1420. The lowest BCUT2D eigenvalue weighted by molar-refractivity contribution is -0.135. The minimum Gasteiger partial charge on any atom is -0.356 e. The molecule has 0 saturated heterocycles. The Morgan fingerprint density at radius 1 is 0.299 bits per heavy atom. The van der Waals surface area contributed by atoms with Gasteiger partial charge in [-0.3, -0.25) is 24.0 Å². The van der Waals surface area contributed by atoms with E-state index in [-0.39, 0.29) is 62.0 Å². The van der Waals surface area contributed by atoms with E-state index in [1.165, 1.54) is 0 Å². The van der Waals surface area contributed by atoms with Gasteiger partial charge in [0.05, 0.1) is 0 Å². The highest BCUT2D eigenvalue weighted by Gasteiger charge is 2.43. The molecule has 0 unspecified atom stereocenters. The highest BCUT2D eigenvalue weighted by atomic mass is 16.2. The van der Waals surface area contributed by atoms with Gasteiger partial charge in [0.15, 0.2) is 0 Å². The van der Waals surface area contributed by atoms with Crippen LogP contribution in [0.1, 0.15) is 199 Å². The van der Waals surface area contributed by atoms with Gasteiger partial charge in [0.2, 0.25) is 29.5 Å². The first-order chi connectivity index (χ1) is 29.6. The van der Waals surface area contributed by atoms with Crippen molar-refractivity contribution in [1.29, 1.82) is 0 Å². The summed E-state index contributed by atoms with van der Waals surface area (Å²) in [5, 5.41) is 15.2. The predicted molar refractivity (Wildman–Crippen MR) is 286 cm³/mol. The molecule has 5 N–H and O–H groups in total. The highest BCUT2D eigenvalue weighted by Crippen LogP contribution is 2.41. The maximum atomic E-state index is 12.4. The summed E-state index contributed by atoms with van der Waals surface area (Å²) in [7, 11) is 4.09. The molecular weight excluding hydrogens is 839 g/mol. The molecule has 0 aromatic heterocycles. The SMILES string of the molecule is CCCNC(=O)C(C)(C)C(C)(C)C.CN(CCCNC(=O)C(C)(C)C(C)(C)C)CCCNC(=O)C(C)(C)C(C)(C)C.CN(CCNC(=O)C(C)(C)C(C)(C)C)CCNC(=O)C(C)(C)C(C)(C)C. The fourth-order valence-corrected chi connectivity index (χ4v) is 5.09. The summed E-state index contributed by atoms with van der Waals surface area (Å²) in [6.45, 7) is 60.1. The van der Waals surface area contributed by atoms with Gasteiger partial charge in [-0.15, -0.1) is 0 Å². The van der Waals surface area contributed by atoms with E-state index in [4.69, 9.17) is 0 Å². The van der Waals surface area contributed by atoms with E-state index in [2.05, 4.69) is 154 Å². The first-order valence-electron chi connectivity index (χ1n) is 25.4. The Hall–Kier alpha value is -2.73. The lowest BCUT2D eigenvalue weighted by atomic mass is 9.69. The Balaban J connectivity index is -0.000000976. The molecule has 398 valence electrons.